The Morgan fingerprint density at radius 2 is 0.524 bits per heavy atom. The zero-order valence-corrected chi connectivity index (χ0v) is 13.2. The average molecular weight is 372 g/mol. The van der Waals surface area contributed by atoms with E-state index < -0.39 is 54.7 Å². The minimum atomic E-state index is -3.41. The molecule has 3 spiro atoms. The molecule has 4 bridgehead atoms. The molecule has 0 aromatic heterocycles. The van der Waals surface area contributed by atoms with Gasteiger partial charge < -0.3 is 8.23 Å². The molecule has 0 N–H and O–H groups in total. The molecule has 0 atom stereocenters. The third-order valence-corrected chi connectivity index (χ3v) is 13.5. The maximum absolute atomic E-state index is 5.40. The van der Waals surface area contributed by atoms with Crippen molar-refractivity contribution in [3.05, 3.63) is 0 Å². The largest absolute Gasteiger partial charge is 0.691 e. The molecule has 0 amide bonds. The Morgan fingerprint density at radius 1 is 0.333 bits per heavy atom. The van der Waals surface area contributed by atoms with Gasteiger partial charge in [0, 0.05) is 0 Å². The minimum Gasteiger partial charge on any atom is -0.325 e. The average Bonchev–Trinajstić information content (AvgIpc) is 2.19. The molecule has 21 heavy (non-hydrogen) atoms. The molecule has 14 aliphatic heterocycles. The van der Waals surface area contributed by atoms with Gasteiger partial charge in [-0.05, 0) is 0 Å². The van der Waals surface area contributed by atoms with E-state index in [2.05, 4.69) is 0 Å². The summed E-state index contributed by atoms with van der Waals surface area (Å²) in [5.41, 5.74) is 0. The van der Waals surface area contributed by atoms with Crippen LogP contribution in [0.4, 0.5) is 0 Å². The molecule has 112 valence electrons. The molecule has 14 rings (SSSR count). The Balaban J connectivity index is 1.03. The fourth-order valence-corrected chi connectivity index (χ4v) is 12.8. The van der Waals surface area contributed by atoms with Crippen LogP contribution in [0.25, 0.3) is 0 Å². The third-order valence-electron chi connectivity index (χ3n) is 3.50. The van der Waals surface area contributed by atoms with Crippen molar-refractivity contribution in [2.24, 2.45) is 0 Å². The van der Waals surface area contributed by atoms with Crippen molar-refractivity contribution in [3.63, 3.8) is 0 Å². The lowest BCUT2D eigenvalue weighted by Gasteiger charge is -2.72. The predicted molar refractivity (Wildman–Crippen MR) is 46.4 cm³/mol. The molecule has 14 heterocycles. The topological polar surface area (TPSA) is 129 Å². The Kier molecular flexibility index (Phi) is 1.25. The molecule has 14 saturated heterocycles. The van der Waals surface area contributed by atoms with Gasteiger partial charge >= 0.3 is 54.7 Å². The Morgan fingerprint density at radius 3 is 0.714 bits per heavy atom. The van der Waals surface area contributed by atoms with E-state index in [0.29, 0.717) is 0 Å². The maximum atomic E-state index is 5.40. The van der Waals surface area contributed by atoms with Gasteiger partial charge in [0.1, 0.15) is 0 Å². The quantitative estimate of drug-likeness (QED) is 0.398. The van der Waals surface area contributed by atoms with Crippen molar-refractivity contribution in [2.45, 2.75) is 18.5 Å². The van der Waals surface area contributed by atoms with E-state index in [1.54, 1.807) is 0 Å². The highest BCUT2D eigenvalue weighted by molar-refractivity contribution is 6.76. The van der Waals surface area contributed by atoms with E-state index in [1.807, 2.05) is 0 Å². The van der Waals surface area contributed by atoms with Crippen LogP contribution in [-0.2, 0) is 61.3 Å². The molecule has 0 aliphatic carbocycles. The fourth-order valence-electron chi connectivity index (χ4n) is 2.75. The van der Waals surface area contributed by atoms with Crippen LogP contribution in [0, 0.1) is 0 Å². The van der Waals surface area contributed by atoms with Gasteiger partial charge in [0.2, 0.25) is 0 Å². The second-order valence-electron chi connectivity index (χ2n) is 4.93. The van der Waals surface area contributed by atoms with E-state index in [0.717, 1.165) is 0 Å². The number of hydrogen-bond donors (Lipinski definition) is 0. The highest BCUT2D eigenvalue weighted by atomic mass is 28.5. The van der Waals surface area contributed by atoms with Crippen molar-refractivity contribution >= 4 is 36.2 Å². The molecule has 14 nitrogen and oxygen atoms in total. The molecule has 14 aliphatic rings. The van der Waals surface area contributed by atoms with Crippen LogP contribution < -0.4 is 0 Å². The van der Waals surface area contributed by atoms with Crippen molar-refractivity contribution < 1.29 is 61.3 Å². The van der Waals surface area contributed by atoms with E-state index in [1.165, 1.54) is 0 Å². The minimum absolute atomic E-state index is 1.54. The summed E-state index contributed by atoms with van der Waals surface area (Å²) < 4.78 is 73.3. The lowest BCUT2D eigenvalue weighted by atomic mass is 11.2. The Hall–Kier alpha value is 0.308. The smallest absolute Gasteiger partial charge is 0.325 e. The molecule has 0 aromatic carbocycles. The normalized spacial score (nSPS) is 80.0. The van der Waals surface area contributed by atoms with Crippen molar-refractivity contribution in [3.8, 4) is 0 Å². The molecule has 14 fully saturated rings. The summed E-state index contributed by atoms with van der Waals surface area (Å²) in [6.45, 7) is 0. The molecular formula is C3O14Si4. The Bertz CT molecular complexity index is 516. The summed E-state index contributed by atoms with van der Waals surface area (Å²) in [6.07, 6.45) is -4.86. The van der Waals surface area contributed by atoms with Gasteiger partial charge in [0.25, 0.3) is 0 Å². The van der Waals surface area contributed by atoms with Gasteiger partial charge in [0.15, 0.2) is 0 Å². The van der Waals surface area contributed by atoms with Gasteiger partial charge in [-0.3, -0.25) is 53.1 Å². The van der Waals surface area contributed by atoms with Gasteiger partial charge in [-0.25, -0.2) is 0 Å². The molecule has 0 radical (unpaired) electrons. The molecule has 0 saturated carbocycles. The lowest BCUT2D eigenvalue weighted by Crippen LogP contribution is -3.02. The van der Waals surface area contributed by atoms with Gasteiger partial charge in [-0.2, -0.15) is 0 Å². The molecule has 18 heteroatoms. The van der Waals surface area contributed by atoms with Gasteiger partial charge in [0.05, 0.1) is 0 Å². The van der Waals surface area contributed by atoms with Crippen molar-refractivity contribution in [1.29, 1.82) is 0 Å². The predicted octanol–water partition coefficient (Wildman–Crippen LogP) is -3.10. The van der Waals surface area contributed by atoms with E-state index >= 15 is 0 Å². The zero-order valence-electron chi connectivity index (χ0n) is 9.22. The lowest BCUT2D eigenvalue weighted by molar-refractivity contribution is -0.658. The van der Waals surface area contributed by atoms with Crippen LogP contribution in [0.1, 0.15) is 0 Å². The maximum Gasteiger partial charge on any atom is 0.691 e. The molecular weight excluding hydrogens is 372 g/mol. The molecule has 0 unspecified atom stereocenters. The first-order valence-corrected chi connectivity index (χ1v) is 12.2. The monoisotopic (exact) mass is 372 g/mol. The second kappa shape index (κ2) is 2.39. The first kappa shape index (κ1) is 11.0. The first-order chi connectivity index (χ1) is 9.90. The first-order valence-electron chi connectivity index (χ1n) is 5.72. The standard InChI is InChI=1S/C3O14Si4/c4-1-5-18(4,6-1)16-20(10-1)12-3(13-20)14-21(15-3)11-2-7-19(8-2,9-2)17-21. The summed E-state index contributed by atoms with van der Waals surface area (Å²) in [5.74, 6) is 0. The second-order valence-corrected chi connectivity index (χ2v) is 13.0. The molecule has 0 aromatic rings. The van der Waals surface area contributed by atoms with Crippen LogP contribution in [0.15, 0.2) is 0 Å². The summed E-state index contributed by atoms with van der Waals surface area (Å²) in [7, 11) is -12.9. The highest BCUT2D eigenvalue weighted by Crippen LogP contribution is 2.66. The van der Waals surface area contributed by atoms with Gasteiger partial charge in [-0.15, -0.1) is 0 Å². The van der Waals surface area contributed by atoms with Crippen molar-refractivity contribution in [2.75, 3.05) is 0 Å². The number of hydrogen-bond acceptors (Lipinski definition) is 14. The Labute approximate surface area is 117 Å². The summed E-state index contributed by atoms with van der Waals surface area (Å²) in [4.78, 5) is 0. The summed E-state index contributed by atoms with van der Waals surface area (Å²) >= 11 is 0. The van der Waals surface area contributed by atoms with Crippen LogP contribution in [0.3, 0.4) is 0 Å². The van der Waals surface area contributed by atoms with Crippen LogP contribution >= 0.6 is 0 Å². The summed E-state index contributed by atoms with van der Waals surface area (Å²) in [5, 5.41) is 0. The fraction of sp³-hybridized carbons (Fsp3) is 1.00. The summed E-state index contributed by atoms with van der Waals surface area (Å²) in [6, 6.07) is 0. The van der Waals surface area contributed by atoms with E-state index in [9.17, 15) is 0 Å². The highest BCUT2D eigenvalue weighted by Gasteiger charge is 3.02. The third kappa shape index (κ3) is 0.958. The zero-order chi connectivity index (χ0) is 13.4. The van der Waals surface area contributed by atoms with Crippen LogP contribution in [0.2, 0.25) is 0 Å². The van der Waals surface area contributed by atoms with Crippen LogP contribution in [-0.4, -0.2) is 54.7 Å². The number of rotatable bonds is 0. The van der Waals surface area contributed by atoms with Crippen LogP contribution in [0.5, 0.6) is 0 Å². The SMILES string of the molecule is O1C23O[Si]1(O2)O[Si]1(OC2(O1)O[Si]1(O2)OC24O[Si](O2)(O4)O1)O3. The van der Waals surface area contributed by atoms with Crippen molar-refractivity contribution in [1.82, 2.24) is 0 Å². The van der Waals surface area contributed by atoms with Gasteiger partial charge in [-0.1, -0.05) is 0 Å². The van der Waals surface area contributed by atoms with E-state index in [4.69, 9.17) is 61.3 Å². The van der Waals surface area contributed by atoms with E-state index in [-0.39, 0.29) is 0 Å².